The standard InChI is InChI=1S/C20H21ClN2O4/c1-26-19-11-15(13-24)5-6-18(19)27-14-20(25)23-9-7-22(8-10-23)17-4-2-3-16(21)12-17/h2-6,11-13H,7-10,14H2,1H3. The van der Waals surface area contributed by atoms with E-state index in [1.54, 1.807) is 23.1 Å². The van der Waals surface area contributed by atoms with Crippen LogP contribution in [0.4, 0.5) is 5.69 Å². The molecule has 0 spiro atoms. The molecule has 1 fully saturated rings. The van der Waals surface area contributed by atoms with E-state index in [9.17, 15) is 9.59 Å². The van der Waals surface area contributed by atoms with Crippen molar-refractivity contribution in [1.29, 1.82) is 0 Å². The van der Waals surface area contributed by atoms with Crippen LogP contribution in [0.15, 0.2) is 42.5 Å². The molecule has 7 heteroatoms. The van der Waals surface area contributed by atoms with Crippen molar-refractivity contribution in [3.8, 4) is 11.5 Å². The van der Waals surface area contributed by atoms with Crippen LogP contribution < -0.4 is 14.4 Å². The lowest BCUT2D eigenvalue weighted by Gasteiger charge is -2.36. The molecule has 1 aliphatic heterocycles. The molecule has 1 saturated heterocycles. The van der Waals surface area contributed by atoms with E-state index in [-0.39, 0.29) is 12.5 Å². The smallest absolute Gasteiger partial charge is 0.260 e. The normalized spacial score (nSPS) is 14.0. The number of aldehydes is 1. The Balaban J connectivity index is 1.53. The summed E-state index contributed by atoms with van der Waals surface area (Å²) in [5.41, 5.74) is 1.55. The van der Waals surface area contributed by atoms with Gasteiger partial charge in [0.1, 0.15) is 6.29 Å². The summed E-state index contributed by atoms with van der Waals surface area (Å²) in [6.07, 6.45) is 0.733. The van der Waals surface area contributed by atoms with Gasteiger partial charge < -0.3 is 19.3 Å². The highest BCUT2D eigenvalue weighted by Gasteiger charge is 2.22. The number of anilines is 1. The monoisotopic (exact) mass is 388 g/mol. The number of nitrogens with zero attached hydrogens (tertiary/aromatic N) is 2. The minimum absolute atomic E-state index is 0.0754. The molecule has 0 N–H and O–H groups in total. The maximum atomic E-state index is 12.5. The summed E-state index contributed by atoms with van der Waals surface area (Å²) >= 11 is 6.05. The highest BCUT2D eigenvalue weighted by Crippen LogP contribution is 2.27. The van der Waals surface area contributed by atoms with Gasteiger partial charge in [0, 0.05) is 42.5 Å². The fourth-order valence-corrected chi connectivity index (χ4v) is 3.18. The van der Waals surface area contributed by atoms with Crippen LogP contribution in [0, 0.1) is 0 Å². The van der Waals surface area contributed by atoms with Gasteiger partial charge in [-0.3, -0.25) is 9.59 Å². The van der Waals surface area contributed by atoms with Gasteiger partial charge in [0.2, 0.25) is 0 Å². The molecule has 2 aromatic rings. The zero-order valence-electron chi connectivity index (χ0n) is 15.1. The van der Waals surface area contributed by atoms with Crippen molar-refractivity contribution in [2.45, 2.75) is 0 Å². The maximum absolute atomic E-state index is 12.5. The van der Waals surface area contributed by atoms with E-state index in [1.165, 1.54) is 7.11 Å². The highest BCUT2D eigenvalue weighted by atomic mass is 35.5. The molecule has 2 aromatic carbocycles. The largest absolute Gasteiger partial charge is 0.493 e. The lowest BCUT2D eigenvalue weighted by Crippen LogP contribution is -2.50. The second-order valence-electron chi connectivity index (χ2n) is 6.16. The first kappa shape index (κ1) is 19.0. The predicted molar refractivity (Wildman–Crippen MR) is 104 cm³/mol. The summed E-state index contributed by atoms with van der Waals surface area (Å²) in [4.78, 5) is 27.3. The molecule has 3 rings (SSSR count). The highest BCUT2D eigenvalue weighted by molar-refractivity contribution is 6.30. The molecule has 0 aliphatic carbocycles. The number of benzene rings is 2. The van der Waals surface area contributed by atoms with Crippen molar-refractivity contribution in [3.05, 3.63) is 53.1 Å². The van der Waals surface area contributed by atoms with E-state index in [0.717, 1.165) is 25.1 Å². The average Bonchev–Trinajstić information content (AvgIpc) is 2.72. The Labute approximate surface area is 163 Å². The van der Waals surface area contributed by atoms with Gasteiger partial charge in [-0.1, -0.05) is 17.7 Å². The molecular weight excluding hydrogens is 368 g/mol. The van der Waals surface area contributed by atoms with Gasteiger partial charge >= 0.3 is 0 Å². The summed E-state index contributed by atoms with van der Waals surface area (Å²) < 4.78 is 10.8. The van der Waals surface area contributed by atoms with Gasteiger partial charge in [-0.2, -0.15) is 0 Å². The molecule has 6 nitrogen and oxygen atoms in total. The van der Waals surface area contributed by atoms with Crippen molar-refractivity contribution in [3.63, 3.8) is 0 Å². The number of carbonyl (C=O) groups excluding carboxylic acids is 2. The fourth-order valence-electron chi connectivity index (χ4n) is 2.99. The number of hydrogen-bond acceptors (Lipinski definition) is 5. The van der Waals surface area contributed by atoms with E-state index >= 15 is 0 Å². The number of piperazine rings is 1. The molecule has 0 bridgehead atoms. The van der Waals surface area contributed by atoms with Gasteiger partial charge in [-0.05, 0) is 36.4 Å². The molecule has 1 amide bonds. The molecule has 0 atom stereocenters. The first-order valence-corrected chi connectivity index (χ1v) is 9.03. The molecular formula is C20H21ClN2O4. The SMILES string of the molecule is COc1cc(C=O)ccc1OCC(=O)N1CCN(c2cccc(Cl)c2)CC1. The molecule has 1 aliphatic rings. The summed E-state index contributed by atoms with van der Waals surface area (Å²) in [5.74, 6) is 0.787. The Hall–Kier alpha value is -2.73. The van der Waals surface area contributed by atoms with Crippen LogP contribution in [0.1, 0.15) is 10.4 Å². The number of amides is 1. The van der Waals surface area contributed by atoms with Gasteiger partial charge in [0.05, 0.1) is 7.11 Å². The van der Waals surface area contributed by atoms with E-state index in [2.05, 4.69) is 4.90 Å². The molecule has 27 heavy (non-hydrogen) atoms. The number of methoxy groups -OCH3 is 1. The first-order valence-electron chi connectivity index (χ1n) is 8.65. The van der Waals surface area contributed by atoms with Gasteiger partial charge in [0.25, 0.3) is 5.91 Å². The minimum atomic E-state index is -0.0812. The van der Waals surface area contributed by atoms with Crippen LogP contribution in [0.5, 0.6) is 11.5 Å². The molecule has 0 saturated carbocycles. The number of ether oxygens (including phenoxy) is 2. The van der Waals surface area contributed by atoms with Gasteiger partial charge in [-0.25, -0.2) is 0 Å². The van der Waals surface area contributed by atoms with Crippen LogP contribution >= 0.6 is 11.6 Å². The number of hydrogen-bond donors (Lipinski definition) is 0. The second kappa shape index (κ2) is 8.77. The van der Waals surface area contributed by atoms with Crippen LogP contribution in [-0.4, -0.2) is 57.0 Å². The van der Waals surface area contributed by atoms with Crippen LogP contribution in [0.3, 0.4) is 0 Å². The lowest BCUT2D eigenvalue weighted by molar-refractivity contribution is -0.133. The quantitative estimate of drug-likeness (QED) is 0.712. The third-order valence-electron chi connectivity index (χ3n) is 4.48. The fraction of sp³-hybridized carbons (Fsp3) is 0.300. The third kappa shape index (κ3) is 4.71. The van der Waals surface area contributed by atoms with Crippen LogP contribution in [0.2, 0.25) is 5.02 Å². The number of rotatable bonds is 6. The molecule has 0 radical (unpaired) electrons. The number of carbonyl (C=O) groups is 2. The van der Waals surface area contributed by atoms with Crippen molar-refractivity contribution >= 4 is 29.5 Å². The number of halogens is 1. The summed E-state index contributed by atoms with van der Waals surface area (Å²) in [7, 11) is 1.49. The second-order valence-corrected chi connectivity index (χ2v) is 6.60. The van der Waals surface area contributed by atoms with E-state index in [0.29, 0.717) is 35.2 Å². The third-order valence-corrected chi connectivity index (χ3v) is 4.72. The first-order chi connectivity index (χ1) is 13.1. The maximum Gasteiger partial charge on any atom is 0.260 e. The summed E-state index contributed by atoms with van der Waals surface area (Å²) in [6.45, 7) is 2.65. The average molecular weight is 389 g/mol. The van der Waals surface area contributed by atoms with Gasteiger partial charge in [-0.15, -0.1) is 0 Å². The Morgan fingerprint density at radius 3 is 2.56 bits per heavy atom. The van der Waals surface area contributed by atoms with Crippen LogP contribution in [-0.2, 0) is 4.79 Å². The Morgan fingerprint density at radius 2 is 1.89 bits per heavy atom. The Bertz CT molecular complexity index is 819. The zero-order valence-corrected chi connectivity index (χ0v) is 15.8. The van der Waals surface area contributed by atoms with Crippen LogP contribution in [0.25, 0.3) is 0 Å². The van der Waals surface area contributed by atoms with Crippen molar-refractivity contribution < 1.29 is 19.1 Å². The zero-order chi connectivity index (χ0) is 19.2. The topological polar surface area (TPSA) is 59.1 Å². The van der Waals surface area contributed by atoms with Crippen molar-refractivity contribution in [2.75, 3.05) is 44.8 Å². The van der Waals surface area contributed by atoms with E-state index < -0.39 is 0 Å². The Kier molecular flexibility index (Phi) is 6.19. The van der Waals surface area contributed by atoms with Crippen molar-refractivity contribution in [1.82, 2.24) is 4.90 Å². The lowest BCUT2D eigenvalue weighted by atomic mass is 10.2. The molecule has 0 unspecified atom stereocenters. The van der Waals surface area contributed by atoms with E-state index in [4.69, 9.17) is 21.1 Å². The summed E-state index contributed by atoms with van der Waals surface area (Å²) in [6, 6.07) is 12.5. The van der Waals surface area contributed by atoms with Crippen molar-refractivity contribution in [2.24, 2.45) is 0 Å². The predicted octanol–water partition coefficient (Wildman–Crippen LogP) is 2.89. The van der Waals surface area contributed by atoms with Gasteiger partial charge in [0.15, 0.2) is 18.1 Å². The summed E-state index contributed by atoms with van der Waals surface area (Å²) in [5, 5.41) is 0.703. The molecule has 142 valence electrons. The van der Waals surface area contributed by atoms with E-state index in [1.807, 2.05) is 24.3 Å². The minimum Gasteiger partial charge on any atom is -0.493 e. The Morgan fingerprint density at radius 1 is 1.11 bits per heavy atom. The molecule has 1 heterocycles. The molecule has 0 aromatic heterocycles.